The number of aromatic nitrogens is 6. The highest BCUT2D eigenvalue weighted by molar-refractivity contribution is 6.30. The molecule has 13 heteroatoms. The smallest absolute Gasteiger partial charge is 0.374 e. The monoisotopic (exact) mass is 585 g/mol. The molecule has 0 aromatic carbocycles. The van der Waals surface area contributed by atoms with Crippen molar-refractivity contribution in [2.24, 2.45) is 11.8 Å². The predicted molar refractivity (Wildman–Crippen MR) is 148 cm³/mol. The molecule has 2 aliphatic carbocycles. The van der Waals surface area contributed by atoms with Crippen molar-refractivity contribution in [3.63, 3.8) is 0 Å². The molecule has 216 valence electrons. The Morgan fingerprint density at radius 3 is 2.73 bits per heavy atom. The predicted octanol–water partition coefficient (Wildman–Crippen LogP) is 5.32. The van der Waals surface area contributed by atoms with E-state index in [4.69, 9.17) is 30.8 Å². The van der Waals surface area contributed by atoms with Crippen LogP contribution in [0.15, 0.2) is 33.8 Å². The summed E-state index contributed by atoms with van der Waals surface area (Å²) in [5, 5.41) is 4.24. The summed E-state index contributed by atoms with van der Waals surface area (Å²) in [6.45, 7) is 3.53. The zero-order valence-corrected chi connectivity index (χ0v) is 23.3. The SMILES string of the molecule is CC1CCC(Cn2c(N3CCO[C@H]4CCC(F)(F)[C@@H]43)nc3cc(-c4noc(=O)[nH]4)nc(-c4cncc(Cl)c4)c32)CC1. The van der Waals surface area contributed by atoms with Crippen LogP contribution in [0.2, 0.25) is 5.02 Å². The number of fused-ring (bicyclic) bond motifs is 2. The molecule has 2 atom stereocenters. The minimum Gasteiger partial charge on any atom is -0.374 e. The summed E-state index contributed by atoms with van der Waals surface area (Å²) in [4.78, 5) is 30.2. The maximum atomic E-state index is 15.3. The van der Waals surface area contributed by atoms with E-state index >= 15 is 8.78 Å². The van der Waals surface area contributed by atoms with Crippen LogP contribution in [0.25, 0.3) is 33.8 Å². The van der Waals surface area contributed by atoms with Crippen LogP contribution in [0.4, 0.5) is 14.7 Å². The first-order chi connectivity index (χ1) is 19.8. The summed E-state index contributed by atoms with van der Waals surface area (Å²) in [5.41, 5.74) is 2.71. The second-order valence-electron chi connectivity index (χ2n) is 11.6. The number of rotatable bonds is 5. The third kappa shape index (κ3) is 4.80. The van der Waals surface area contributed by atoms with Crippen molar-refractivity contribution in [2.45, 2.75) is 70.1 Å². The summed E-state index contributed by atoms with van der Waals surface area (Å²) >= 11 is 6.34. The summed E-state index contributed by atoms with van der Waals surface area (Å²) in [7, 11) is 0. The number of hydrogen-bond donors (Lipinski definition) is 1. The van der Waals surface area contributed by atoms with Crippen LogP contribution in [0.5, 0.6) is 0 Å². The van der Waals surface area contributed by atoms with Gasteiger partial charge in [0.05, 0.1) is 34.5 Å². The molecule has 0 unspecified atom stereocenters. The van der Waals surface area contributed by atoms with E-state index in [-0.39, 0.29) is 12.2 Å². The molecule has 3 fully saturated rings. The van der Waals surface area contributed by atoms with Crippen molar-refractivity contribution in [1.29, 1.82) is 0 Å². The molecule has 1 saturated heterocycles. The number of H-pyrrole nitrogens is 1. The van der Waals surface area contributed by atoms with Gasteiger partial charge < -0.3 is 14.2 Å². The lowest BCUT2D eigenvalue weighted by Crippen LogP contribution is -2.56. The maximum absolute atomic E-state index is 15.3. The fourth-order valence-electron chi connectivity index (χ4n) is 6.69. The second kappa shape index (κ2) is 10.2. The Hall–Kier alpha value is -3.38. The lowest BCUT2D eigenvalue weighted by molar-refractivity contribution is -0.0583. The van der Waals surface area contributed by atoms with Gasteiger partial charge in [0.1, 0.15) is 11.7 Å². The fraction of sp³-hybridized carbons (Fsp3) is 0.536. The van der Waals surface area contributed by atoms with E-state index in [1.165, 1.54) is 6.20 Å². The van der Waals surface area contributed by atoms with Crippen LogP contribution in [0, 0.1) is 11.8 Å². The van der Waals surface area contributed by atoms with Gasteiger partial charge in [0.25, 0.3) is 5.92 Å². The van der Waals surface area contributed by atoms with Gasteiger partial charge in [0, 0.05) is 37.5 Å². The van der Waals surface area contributed by atoms with Crippen molar-refractivity contribution in [3.8, 4) is 22.8 Å². The summed E-state index contributed by atoms with van der Waals surface area (Å²) in [6.07, 6.45) is 7.05. The van der Waals surface area contributed by atoms with Gasteiger partial charge in [-0.2, -0.15) is 0 Å². The standard InChI is InChI=1S/C28H30ClF2N7O3/c1-15-2-4-16(5-3-15)14-38-23-19(34-26(38)37-8-9-40-21-6-7-28(30,31)24(21)37)11-20(25-35-27(39)41-36-25)33-22(23)17-10-18(29)13-32-12-17/h10-13,15-16,21,24H,2-9,14H2,1H3,(H,35,36,39)/t15?,16?,21-,24+/m0/s1. The molecule has 0 amide bonds. The molecule has 10 nitrogen and oxygen atoms in total. The molecule has 2 saturated carbocycles. The van der Waals surface area contributed by atoms with Crippen LogP contribution in [0.1, 0.15) is 45.4 Å². The van der Waals surface area contributed by atoms with Gasteiger partial charge in [-0.15, -0.1) is 0 Å². The Labute approximate surface area is 239 Å². The van der Waals surface area contributed by atoms with E-state index in [1.807, 2.05) is 0 Å². The Morgan fingerprint density at radius 2 is 1.98 bits per heavy atom. The zero-order valence-electron chi connectivity index (χ0n) is 22.5. The first kappa shape index (κ1) is 26.5. The Balaban J connectivity index is 1.46. The molecule has 1 aliphatic heterocycles. The van der Waals surface area contributed by atoms with E-state index in [0.29, 0.717) is 76.9 Å². The number of alkyl halides is 2. The highest BCUT2D eigenvalue weighted by Crippen LogP contribution is 2.45. The highest BCUT2D eigenvalue weighted by Gasteiger charge is 2.56. The third-order valence-corrected chi connectivity index (χ3v) is 8.95. The van der Waals surface area contributed by atoms with Crippen molar-refractivity contribution < 1.29 is 18.0 Å². The number of ether oxygens (including phenoxy) is 1. The van der Waals surface area contributed by atoms with Crippen LogP contribution >= 0.6 is 11.6 Å². The Morgan fingerprint density at radius 1 is 1.15 bits per heavy atom. The van der Waals surface area contributed by atoms with Crippen LogP contribution < -0.4 is 10.7 Å². The normalized spacial score (nSPS) is 26.0. The molecule has 0 spiro atoms. The topological polar surface area (TPSA) is 115 Å². The molecule has 7 rings (SSSR count). The van der Waals surface area contributed by atoms with E-state index in [2.05, 4.69) is 26.6 Å². The van der Waals surface area contributed by atoms with Crippen LogP contribution in [-0.4, -0.2) is 60.9 Å². The average Bonchev–Trinajstić information content (AvgIpc) is 3.64. The van der Waals surface area contributed by atoms with Crippen LogP contribution in [-0.2, 0) is 11.3 Å². The first-order valence-corrected chi connectivity index (χ1v) is 14.5. The summed E-state index contributed by atoms with van der Waals surface area (Å²) in [5.74, 6) is -1.97. The maximum Gasteiger partial charge on any atom is 0.439 e. The second-order valence-corrected chi connectivity index (χ2v) is 12.0. The number of aromatic amines is 1. The lowest BCUT2D eigenvalue weighted by atomic mass is 9.83. The molecule has 0 bridgehead atoms. The highest BCUT2D eigenvalue weighted by atomic mass is 35.5. The summed E-state index contributed by atoms with van der Waals surface area (Å²) < 4.78 is 43.3. The molecule has 1 N–H and O–H groups in total. The van der Waals surface area contributed by atoms with Gasteiger partial charge in [-0.1, -0.05) is 36.5 Å². The van der Waals surface area contributed by atoms with Crippen molar-refractivity contribution in [3.05, 3.63) is 40.1 Å². The molecule has 3 aliphatic rings. The quantitative estimate of drug-likeness (QED) is 0.335. The molecule has 0 radical (unpaired) electrons. The van der Waals surface area contributed by atoms with Gasteiger partial charge in [0.2, 0.25) is 11.8 Å². The zero-order chi connectivity index (χ0) is 28.3. The van der Waals surface area contributed by atoms with E-state index in [0.717, 1.165) is 25.7 Å². The number of morpholine rings is 1. The number of imidazole rings is 1. The van der Waals surface area contributed by atoms with E-state index < -0.39 is 23.8 Å². The molecule has 4 aromatic rings. The number of nitrogens with zero attached hydrogens (tertiary/aromatic N) is 6. The number of hydrogen-bond acceptors (Lipinski definition) is 8. The van der Waals surface area contributed by atoms with Crippen molar-refractivity contribution in [1.82, 2.24) is 29.7 Å². The number of halogens is 3. The van der Waals surface area contributed by atoms with Gasteiger partial charge in [-0.05, 0) is 43.2 Å². The van der Waals surface area contributed by atoms with Gasteiger partial charge in [0.15, 0.2) is 0 Å². The lowest BCUT2D eigenvalue weighted by Gasteiger charge is -2.41. The first-order valence-electron chi connectivity index (χ1n) is 14.1. The molecule has 4 aromatic heterocycles. The number of anilines is 1. The molecule has 41 heavy (non-hydrogen) atoms. The van der Waals surface area contributed by atoms with Crippen LogP contribution in [0.3, 0.4) is 0 Å². The van der Waals surface area contributed by atoms with Crippen molar-refractivity contribution >= 4 is 28.6 Å². The molecular formula is C28H30ClF2N7O3. The molecular weight excluding hydrogens is 556 g/mol. The largest absolute Gasteiger partial charge is 0.439 e. The minimum absolute atomic E-state index is 0.138. The van der Waals surface area contributed by atoms with Gasteiger partial charge >= 0.3 is 5.76 Å². The van der Waals surface area contributed by atoms with E-state index in [9.17, 15) is 4.79 Å². The van der Waals surface area contributed by atoms with Gasteiger partial charge in [-0.25, -0.2) is 23.5 Å². The number of pyridine rings is 2. The average molecular weight is 586 g/mol. The molecule has 5 heterocycles. The third-order valence-electron chi connectivity index (χ3n) is 8.75. The number of nitrogens with one attached hydrogen (secondary N) is 1. The van der Waals surface area contributed by atoms with Gasteiger partial charge in [-0.3, -0.25) is 14.5 Å². The Kier molecular flexibility index (Phi) is 6.57. The van der Waals surface area contributed by atoms with E-state index in [1.54, 1.807) is 23.2 Å². The van der Waals surface area contributed by atoms with Crippen molar-refractivity contribution in [2.75, 3.05) is 18.1 Å². The Bertz CT molecular complexity index is 1650. The summed E-state index contributed by atoms with van der Waals surface area (Å²) in [6, 6.07) is 2.35. The minimum atomic E-state index is -2.91. The fourth-order valence-corrected chi connectivity index (χ4v) is 6.87.